The Labute approximate surface area is 72.6 Å². The Morgan fingerprint density at radius 3 is 3.00 bits per heavy atom. The summed E-state index contributed by atoms with van der Waals surface area (Å²) in [7, 11) is 1.71. The molecule has 3 nitrogen and oxygen atoms in total. The lowest BCUT2D eigenvalue weighted by molar-refractivity contribution is 0.734. The third-order valence-corrected chi connectivity index (χ3v) is 1.71. The summed E-state index contributed by atoms with van der Waals surface area (Å²) in [4.78, 5) is 12.0. The molecular weight excluding hydrogens is 150 g/mol. The van der Waals surface area contributed by atoms with Crippen molar-refractivity contribution >= 4 is 18.8 Å². The van der Waals surface area contributed by atoms with Crippen molar-refractivity contribution in [1.82, 2.24) is 0 Å². The van der Waals surface area contributed by atoms with Crippen molar-refractivity contribution in [3.63, 3.8) is 0 Å². The molecule has 1 rings (SSSR count). The molecule has 1 heterocycles. The molecule has 0 aromatic rings. The van der Waals surface area contributed by atoms with E-state index in [2.05, 4.69) is 34.7 Å². The monoisotopic (exact) mass is 163 g/mol. The topological polar surface area (TPSA) is 37.1 Å². The van der Waals surface area contributed by atoms with Crippen molar-refractivity contribution in [3.05, 3.63) is 11.6 Å². The zero-order valence-corrected chi connectivity index (χ0v) is 7.49. The highest BCUT2D eigenvalue weighted by Gasteiger charge is 2.08. The SMILES string of the molecule is C=N/C(=N\C)C1=CC(C)CN=C1. The third-order valence-electron chi connectivity index (χ3n) is 1.71. The Hall–Kier alpha value is -1.25. The molecule has 0 aromatic carbocycles. The molecule has 0 saturated carbocycles. The largest absolute Gasteiger partial charge is 0.292 e. The first-order chi connectivity index (χ1) is 5.77. The number of amidine groups is 1. The Kier molecular flexibility index (Phi) is 2.91. The second-order valence-corrected chi connectivity index (χ2v) is 2.80. The van der Waals surface area contributed by atoms with Crippen LogP contribution in [0.3, 0.4) is 0 Å². The molecular formula is C9H13N3. The van der Waals surface area contributed by atoms with E-state index in [-0.39, 0.29) is 0 Å². The number of hydrogen-bond acceptors (Lipinski definition) is 2. The number of aliphatic imine (C=N–C) groups is 3. The number of nitrogens with zero attached hydrogens (tertiary/aromatic N) is 3. The Morgan fingerprint density at radius 1 is 1.75 bits per heavy atom. The molecule has 1 aliphatic heterocycles. The zero-order valence-electron chi connectivity index (χ0n) is 7.49. The fourth-order valence-electron chi connectivity index (χ4n) is 1.14. The first kappa shape index (κ1) is 8.84. The van der Waals surface area contributed by atoms with E-state index in [0.29, 0.717) is 11.8 Å². The number of rotatable bonds is 1. The molecule has 12 heavy (non-hydrogen) atoms. The molecule has 0 aliphatic carbocycles. The van der Waals surface area contributed by atoms with Gasteiger partial charge in [0.15, 0.2) is 5.84 Å². The molecule has 3 heteroatoms. The van der Waals surface area contributed by atoms with Gasteiger partial charge in [-0.15, -0.1) is 0 Å². The molecule has 1 atom stereocenters. The average Bonchev–Trinajstić information content (AvgIpc) is 2.07. The van der Waals surface area contributed by atoms with E-state index in [9.17, 15) is 0 Å². The van der Waals surface area contributed by atoms with Crippen LogP contribution in [0.2, 0.25) is 0 Å². The van der Waals surface area contributed by atoms with Crippen LogP contribution in [0.15, 0.2) is 26.6 Å². The smallest absolute Gasteiger partial charge is 0.154 e. The van der Waals surface area contributed by atoms with Crippen molar-refractivity contribution in [1.29, 1.82) is 0 Å². The van der Waals surface area contributed by atoms with Crippen LogP contribution < -0.4 is 0 Å². The van der Waals surface area contributed by atoms with E-state index in [4.69, 9.17) is 0 Å². The second kappa shape index (κ2) is 3.95. The molecule has 1 aliphatic rings. The minimum Gasteiger partial charge on any atom is -0.292 e. The Balaban J connectivity index is 2.87. The quantitative estimate of drug-likeness (QED) is 0.413. The van der Waals surface area contributed by atoms with Crippen LogP contribution in [0.25, 0.3) is 0 Å². The van der Waals surface area contributed by atoms with E-state index in [1.165, 1.54) is 0 Å². The van der Waals surface area contributed by atoms with Gasteiger partial charge in [0.25, 0.3) is 0 Å². The molecule has 0 saturated heterocycles. The van der Waals surface area contributed by atoms with Gasteiger partial charge in [-0.2, -0.15) is 0 Å². The highest BCUT2D eigenvalue weighted by atomic mass is 14.9. The van der Waals surface area contributed by atoms with Crippen LogP contribution in [-0.2, 0) is 0 Å². The highest BCUT2D eigenvalue weighted by Crippen LogP contribution is 2.09. The molecule has 1 unspecified atom stereocenters. The van der Waals surface area contributed by atoms with Gasteiger partial charge in [-0.05, 0) is 12.6 Å². The Bertz CT molecular complexity index is 261. The van der Waals surface area contributed by atoms with Gasteiger partial charge in [-0.25, -0.2) is 4.99 Å². The fourth-order valence-corrected chi connectivity index (χ4v) is 1.14. The molecule has 0 bridgehead atoms. The molecule has 0 radical (unpaired) electrons. The van der Waals surface area contributed by atoms with E-state index >= 15 is 0 Å². The summed E-state index contributed by atoms with van der Waals surface area (Å²) in [6.07, 6.45) is 3.92. The first-order valence-electron chi connectivity index (χ1n) is 3.93. The second-order valence-electron chi connectivity index (χ2n) is 2.80. The highest BCUT2D eigenvalue weighted by molar-refractivity contribution is 6.16. The van der Waals surface area contributed by atoms with Crippen LogP contribution in [0.5, 0.6) is 0 Å². The summed E-state index contributed by atoms with van der Waals surface area (Å²) < 4.78 is 0. The molecule has 64 valence electrons. The molecule has 0 aromatic heterocycles. The van der Waals surface area contributed by atoms with Gasteiger partial charge in [0, 0.05) is 25.4 Å². The minimum atomic E-state index is 0.475. The predicted molar refractivity (Wildman–Crippen MR) is 53.5 cm³/mol. The summed E-state index contributed by atoms with van der Waals surface area (Å²) >= 11 is 0. The van der Waals surface area contributed by atoms with Gasteiger partial charge < -0.3 is 0 Å². The molecule has 0 N–H and O–H groups in total. The van der Waals surface area contributed by atoms with Gasteiger partial charge in [0.1, 0.15) is 0 Å². The first-order valence-corrected chi connectivity index (χ1v) is 3.93. The zero-order chi connectivity index (χ0) is 8.97. The van der Waals surface area contributed by atoms with E-state index in [1.807, 2.05) is 0 Å². The lowest BCUT2D eigenvalue weighted by Gasteiger charge is -2.10. The summed E-state index contributed by atoms with van der Waals surface area (Å²) in [6, 6.07) is 0. The van der Waals surface area contributed by atoms with Crippen molar-refractivity contribution in [2.75, 3.05) is 13.6 Å². The third kappa shape index (κ3) is 1.87. The van der Waals surface area contributed by atoms with Gasteiger partial charge >= 0.3 is 0 Å². The van der Waals surface area contributed by atoms with Crippen molar-refractivity contribution in [2.24, 2.45) is 20.9 Å². The normalized spacial score (nSPS) is 23.7. The van der Waals surface area contributed by atoms with Gasteiger partial charge in [-0.1, -0.05) is 13.0 Å². The summed E-state index contributed by atoms with van der Waals surface area (Å²) in [5, 5.41) is 0. The van der Waals surface area contributed by atoms with Gasteiger partial charge in [0.05, 0.1) is 0 Å². The average molecular weight is 163 g/mol. The Morgan fingerprint density at radius 2 is 2.50 bits per heavy atom. The lowest BCUT2D eigenvalue weighted by Crippen LogP contribution is -2.10. The van der Waals surface area contributed by atoms with Crippen LogP contribution in [0.4, 0.5) is 0 Å². The van der Waals surface area contributed by atoms with Crippen molar-refractivity contribution in [3.8, 4) is 0 Å². The summed E-state index contributed by atoms with van der Waals surface area (Å²) in [5.74, 6) is 1.15. The maximum absolute atomic E-state index is 4.19. The van der Waals surface area contributed by atoms with Gasteiger partial charge in [0.2, 0.25) is 0 Å². The maximum atomic E-state index is 4.19. The summed E-state index contributed by atoms with van der Waals surface area (Å²) in [5.41, 5.74) is 0.978. The number of hydrogen-bond donors (Lipinski definition) is 0. The molecule has 0 fully saturated rings. The van der Waals surface area contributed by atoms with Crippen molar-refractivity contribution < 1.29 is 0 Å². The van der Waals surface area contributed by atoms with Crippen LogP contribution in [0, 0.1) is 5.92 Å². The predicted octanol–water partition coefficient (Wildman–Crippen LogP) is 1.36. The number of dihydropyridines is 1. The van der Waals surface area contributed by atoms with Crippen LogP contribution >= 0.6 is 0 Å². The molecule has 0 amide bonds. The van der Waals surface area contributed by atoms with Gasteiger partial charge in [-0.3, -0.25) is 9.98 Å². The summed E-state index contributed by atoms with van der Waals surface area (Å²) in [6.45, 7) is 6.43. The molecule has 0 spiro atoms. The van der Waals surface area contributed by atoms with E-state index < -0.39 is 0 Å². The fraction of sp³-hybridized carbons (Fsp3) is 0.444. The standard InChI is InChI=1S/C9H13N3/c1-7-4-8(6-12-5-7)9(10-2)11-3/h4,6-7H,2,5H2,1,3H3/b11-9-. The van der Waals surface area contributed by atoms with Crippen LogP contribution in [0.1, 0.15) is 6.92 Å². The van der Waals surface area contributed by atoms with Crippen LogP contribution in [-0.4, -0.2) is 32.4 Å². The minimum absolute atomic E-state index is 0.475. The van der Waals surface area contributed by atoms with Crippen molar-refractivity contribution in [2.45, 2.75) is 6.92 Å². The van der Waals surface area contributed by atoms with E-state index in [0.717, 1.165) is 12.1 Å². The lowest BCUT2D eigenvalue weighted by atomic mass is 10.1. The maximum Gasteiger partial charge on any atom is 0.154 e. The van der Waals surface area contributed by atoms with E-state index in [1.54, 1.807) is 13.3 Å².